The van der Waals surface area contributed by atoms with E-state index < -0.39 is 7.26 Å². The van der Waals surface area contributed by atoms with E-state index in [0.717, 1.165) is 19.0 Å². The summed E-state index contributed by atoms with van der Waals surface area (Å²) in [7, 11) is -1.79. The Balaban J connectivity index is 1.96. The van der Waals surface area contributed by atoms with E-state index in [-0.39, 0.29) is 12.5 Å². The minimum atomic E-state index is -1.79. The van der Waals surface area contributed by atoms with Crippen LogP contribution in [0.5, 0.6) is 0 Å². The smallest absolute Gasteiger partial charge is 0.319 e. The normalized spacial score (nSPS) is 11.2. The number of carbonyl (C=O) groups is 1. The van der Waals surface area contributed by atoms with Crippen LogP contribution in [0, 0.1) is 0 Å². The van der Waals surface area contributed by atoms with Crippen molar-refractivity contribution in [3.8, 4) is 0 Å². The van der Waals surface area contributed by atoms with Gasteiger partial charge in [-0.1, -0.05) is 54.6 Å². The molecule has 0 aliphatic rings. The number of hydrogen-bond donors (Lipinski definition) is 1. The van der Waals surface area contributed by atoms with Crippen LogP contribution in [0.3, 0.4) is 0 Å². The molecule has 0 saturated carbocycles. The van der Waals surface area contributed by atoms with Crippen molar-refractivity contribution in [2.45, 2.75) is 12.8 Å². The van der Waals surface area contributed by atoms with Crippen molar-refractivity contribution in [1.82, 2.24) is 0 Å². The molecule has 0 bridgehead atoms. The fraction of sp³-hybridized carbons (Fsp3) is 0.208. The number of ether oxygens (including phenoxy) is 1. The average molecular weight is 392 g/mol. The molecular formula is C24H27NO2P+. The highest BCUT2D eigenvalue weighted by Crippen LogP contribution is 2.55. The van der Waals surface area contributed by atoms with Gasteiger partial charge in [0.05, 0.1) is 19.3 Å². The van der Waals surface area contributed by atoms with Crippen LogP contribution in [0.4, 0.5) is 0 Å². The Morgan fingerprint density at radius 1 is 0.714 bits per heavy atom. The molecule has 3 aromatic carbocycles. The molecule has 0 radical (unpaired) electrons. The molecule has 0 aliphatic carbocycles. The zero-order chi connectivity index (χ0) is 19.7. The Morgan fingerprint density at radius 2 is 1.14 bits per heavy atom. The molecule has 0 saturated heterocycles. The SMILES string of the molecule is NCC(=O)OCCCC[P+](c1ccccc1)(c1ccccc1)c1ccccc1. The fourth-order valence-electron chi connectivity index (χ4n) is 3.58. The molecule has 2 N–H and O–H groups in total. The van der Waals surface area contributed by atoms with Gasteiger partial charge in [0.25, 0.3) is 0 Å². The topological polar surface area (TPSA) is 52.3 Å². The second-order valence-corrected chi connectivity index (χ2v) is 10.3. The molecule has 0 heterocycles. The maximum absolute atomic E-state index is 11.3. The Kier molecular flexibility index (Phi) is 7.36. The minimum absolute atomic E-state index is 0.0605. The molecular weight excluding hydrogens is 365 g/mol. The maximum atomic E-state index is 11.3. The van der Waals surface area contributed by atoms with Gasteiger partial charge in [-0.05, 0) is 49.2 Å². The third kappa shape index (κ3) is 4.67. The van der Waals surface area contributed by atoms with E-state index in [1.54, 1.807) is 0 Å². The lowest BCUT2D eigenvalue weighted by molar-refractivity contribution is -0.141. The van der Waals surface area contributed by atoms with E-state index in [9.17, 15) is 4.79 Å². The Labute approximate surface area is 167 Å². The molecule has 144 valence electrons. The van der Waals surface area contributed by atoms with Crippen LogP contribution in [0.1, 0.15) is 12.8 Å². The zero-order valence-electron chi connectivity index (χ0n) is 16.0. The Morgan fingerprint density at radius 3 is 1.54 bits per heavy atom. The van der Waals surface area contributed by atoms with Crippen LogP contribution >= 0.6 is 7.26 Å². The maximum Gasteiger partial charge on any atom is 0.319 e. The zero-order valence-corrected chi connectivity index (χ0v) is 16.9. The summed E-state index contributed by atoms with van der Waals surface area (Å²) in [6.45, 7) is 0.364. The quantitative estimate of drug-likeness (QED) is 0.346. The number of esters is 1. The second-order valence-electron chi connectivity index (χ2n) is 6.67. The molecule has 0 amide bonds. The van der Waals surface area contributed by atoms with Crippen molar-refractivity contribution in [3.05, 3.63) is 91.0 Å². The first-order valence-electron chi connectivity index (χ1n) is 9.68. The molecule has 0 fully saturated rings. The summed E-state index contributed by atoms with van der Waals surface area (Å²) in [6, 6.07) is 32.5. The van der Waals surface area contributed by atoms with Crippen LogP contribution in [0.2, 0.25) is 0 Å². The molecule has 3 rings (SSSR count). The lowest BCUT2D eigenvalue weighted by Gasteiger charge is -2.27. The van der Waals surface area contributed by atoms with Gasteiger partial charge in [-0.3, -0.25) is 4.79 Å². The molecule has 0 atom stereocenters. The highest BCUT2D eigenvalue weighted by Gasteiger charge is 2.44. The lowest BCUT2D eigenvalue weighted by atomic mass is 10.3. The van der Waals surface area contributed by atoms with E-state index in [1.165, 1.54) is 15.9 Å². The predicted molar refractivity (Wildman–Crippen MR) is 119 cm³/mol. The van der Waals surface area contributed by atoms with Crippen molar-refractivity contribution in [1.29, 1.82) is 0 Å². The van der Waals surface area contributed by atoms with Crippen LogP contribution in [-0.4, -0.2) is 25.3 Å². The van der Waals surface area contributed by atoms with Gasteiger partial charge in [-0.15, -0.1) is 0 Å². The van der Waals surface area contributed by atoms with Gasteiger partial charge in [0.15, 0.2) is 0 Å². The Hall–Kier alpha value is -2.48. The predicted octanol–water partition coefficient (Wildman–Crippen LogP) is 3.26. The van der Waals surface area contributed by atoms with E-state index >= 15 is 0 Å². The first-order valence-corrected chi connectivity index (χ1v) is 11.7. The Bertz CT molecular complexity index is 757. The number of unbranched alkanes of at least 4 members (excludes halogenated alkanes) is 1. The van der Waals surface area contributed by atoms with E-state index in [4.69, 9.17) is 10.5 Å². The van der Waals surface area contributed by atoms with Gasteiger partial charge in [-0.25, -0.2) is 0 Å². The van der Waals surface area contributed by atoms with Crippen molar-refractivity contribution in [2.24, 2.45) is 5.73 Å². The summed E-state index contributed by atoms with van der Waals surface area (Å²) in [4.78, 5) is 11.3. The summed E-state index contributed by atoms with van der Waals surface area (Å²) in [5.41, 5.74) is 5.31. The third-order valence-corrected chi connectivity index (χ3v) is 9.43. The van der Waals surface area contributed by atoms with Gasteiger partial charge in [0, 0.05) is 0 Å². The molecule has 28 heavy (non-hydrogen) atoms. The molecule has 0 unspecified atom stereocenters. The summed E-state index contributed by atoms with van der Waals surface area (Å²) >= 11 is 0. The van der Waals surface area contributed by atoms with E-state index in [2.05, 4.69) is 91.0 Å². The highest BCUT2D eigenvalue weighted by molar-refractivity contribution is 7.95. The lowest BCUT2D eigenvalue weighted by Crippen LogP contribution is -2.33. The number of rotatable bonds is 9. The molecule has 3 nitrogen and oxygen atoms in total. The largest absolute Gasteiger partial charge is 0.465 e. The van der Waals surface area contributed by atoms with Crippen LogP contribution in [0.25, 0.3) is 0 Å². The first-order chi connectivity index (χ1) is 13.8. The fourth-order valence-corrected chi connectivity index (χ4v) is 7.99. The monoisotopic (exact) mass is 392 g/mol. The van der Waals surface area contributed by atoms with Crippen molar-refractivity contribution >= 4 is 29.1 Å². The molecule has 0 aliphatic heterocycles. The molecule has 0 spiro atoms. The van der Waals surface area contributed by atoms with Gasteiger partial charge in [0.1, 0.15) is 23.2 Å². The van der Waals surface area contributed by atoms with E-state index in [0.29, 0.717) is 6.61 Å². The summed E-state index contributed by atoms with van der Waals surface area (Å²) in [5.74, 6) is -0.338. The third-order valence-electron chi connectivity index (χ3n) is 4.91. The van der Waals surface area contributed by atoms with Crippen molar-refractivity contribution in [2.75, 3.05) is 19.3 Å². The number of carbonyl (C=O) groups excluding carboxylic acids is 1. The van der Waals surface area contributed by atoms with Gasteiger partial charge < -0.3 is 10.5 Å². The van der Waals surface area contributed by atoms with Crippen LogP contribution in [0.15, 0.2) is 91.0 Å². The number of hydrogen-bond acceptors (Lipinski definition) is 3. The molecule has 4 heteroatoms. The second kappa shape index (κ2) is 10.2. The van der Waals surface area contributed by atoms with E-state index in [1.807, 2.05) is 0 Å². The minimum Gasteiger partial charge on any atom is -0.465 e. The number of benzene rings is 3. The van der Waals surface area contributed by atoms with Gasteiger partial charge in [0.2, 0.25) is 0 Å². The summed E-state index contributed by atoms with van der Waals surface area (Å²) in [5, 5.41) is 4.14. The van der Waals surface area contributed by atoms with Crippen LogP contribution in [-0.2, 0) is 9.53 Å². The van der Waals surface area contributed by atoms with Gasteiger partial charge >= 0.3 is 5.97 Å². The molecule has 3 aromatic rings. The van der Waals surface area contributed by atoms with Gasteiger partial charge in [-0.2, -0.15) is 0 Å². The summed E-state index contributed by atoms with van der Waals surface area (Å²) < 4.78 is 5.17. The van der Waals surface area contributed by atoms with Crippen LogP contribution < -0.4 is 21.6 Å². The number of nitrogens with two attached hydrogens (primary N) is 1. The standard InChI is InChI=1S/C24H27NO2P/c25-20-24(26)27-18-10-11-19-28(21-12-4-1-5-13-21,22-14-6-2-7-15-22)23-16-8-3-9-17-23/h1-9,12-17H,10-11,18-20,25H2/q+1. The summed E-state index contributed by atoms with van der Waals surface area (Å²) in [6.07, 6.45) is 2.84. The first kappa shape index (κ1) is 20.3. The van der Waals surface area contributed by atoms with Crippen molar-refractivity contribution < 1.29 is 9.53 Å². The highest BCUT2D eigenvalue weighted by atomic mass is 31.2. The average Bonchev–Trinajstić information content (AvgIpc) is 2.78. The molecule has 0 aromatic heterocycles. The van der Waals surface area contributed by atoms with Crippen molar-refractivity contribution in [3.63, 3.8) is 0 Å².